The topological polar surface area (TPSA) is 63.2 Å². The Morgan fingerprint density at radius 2 is 1.76 bits per heavy atom. The largest absolute Gasteiger partial charge is 0.353 e. The van der Waals surface area contributed by atoms with Crippen molar-refractivity contribution < 1.29 is 13.2 Å². The third-order valence-electron chi connectivity index (χ3n) is 5.98. The third kappa shape index (κ3) is 3.61. The molecule has 0 unspecified atom stereocenters. The molecule has 3 aliphatic carbocycles. The molecular formula is C16H27NO3S. The van der Waals surface area contributed by atoms with Crippen molar-refractivity contribution in [2.45, 2.75) is 69.1 Å². The van der Waals surface area contributed by atoms with Crippen molar-refractivity contribution in [3.05, 3.63) is 0 Å². The smallest absolute Gasteiger partial charge is 0.220 e. The minimum absolute atomic E-state index is 0.189. The van der Waals surface area contributed by atoms with Crippen LogP contribution in [0.2, 0.25) is 0 Å². The molecule has 1 amide bonds. The summed E-state index contributed by atoms with van der Waals surface area (Å²) in [6, 6.07) is 0.189. The van der Waals surface area contributed by atoms with Crippen molar-refractivity contribution in [3.8, 4) is 0 Å². The normalized spacial score (nSPS) is 39.4. The first-order chi connectivity index (χ1) is 9.91. The van der Waals surface area contributed by atoms with Crippen molar-refractivity contribution in [1.82, 2.24) is 5.32 Å². The molecule has 0 spiro atoms. The molecule has 5 heteroatoms. The molecule has 0 heterocycles. The summed E-state index contributed by atoms with van der Waals surface area (Å²) in [6.07, 6.45) is 10.3. The molecule has 3 saturated carbocycles. The highest BCUT2D eigenvalue weighted by Crippen LogP contribution is 2.49. The molecule has 0 aromatic rings. The molecule has 0 aromatic carbocycles. The first-order valence-electron chi connectivity index (χ1n) is 8.40. The van der Waals surface area contributed by atoms with E-state index in [0.29, 0.717) is 25.2 Å². The number of fused-ring (bicyclic) bond motifs is 2. The average Bonchev–Trinajstić information content (AvgIpc) is 3.00. The van der Waals surface area contributed by atoms with E-state index in [9.17, 15) is 13.2 Å². The predicted octanol–water partition coefficient (Wildman–Crippen LogP) is 2.28. The first kappa shape index (κ1) is 15.3. The minimum Gasteiger partial charge on any atom is -0.353 e. The monoisotopic (exact) mass is 313 g/mol. The Kier molecular flexibility index (Phi) is 4.30. The zero-order valence-electron chi connectivity index (χ0n) is 12.9. The minimum atomic E-state index is -2.91. The molecule has 0 radical (unpaired) electrons. The first-order valence-corrected chi connectivity index (χ1v) is 10.4. The summed E-state index contributed by atoms with van der Waals surface area (Å²) >= 11 is 0. The number of rotatable bonds is 4. The zero-order chi connectivity index (χ0) is 15.0. The molecule has 0 saturated heterocycles. The molecular weight excluding hydrogens is 286 g/mol. The van der Waals surface area contributed by atoms with Crippen LogP contribution in [-0.2, 0) is 14.6 Å². The number of hydrogen-bond donors (Lipinski definition) is 1. The Morgan fingerprint density at radius 1 is 1.05 bits per heavy atom. The van der Waals surface area contributed by atoms with Gasteiger partial charge in [-0.2, -0.15) is 0 Å². The number of amides is 1. The van der Waals surface area contributed by atoms with E-state index in [2.05, 4.69) is 5.32 Å². The fourth-order valence-corrected chi connectivity index (χ4v) is 5.91. The van der Waals surface area contributed by atoms with Crippen LogP contribution in [0.3, 0.4) is 0 Å². The number of carbonyl (C=O) groups excluding carboxylic acids is 1. The molecule has 1 N–H and O–H groups in total. The number of hydrogen-bond acceptors (Lipinski definition) is 3. The summed E-state index contributed by atoms with van der Waals surface area (Å²) in [6.45, 7) is 0. The van der Waals surface area contributed by atoms with E-state index in [4.69, 9.17) is 0 Å². The van der Waals surface area contributed by atoms with Crippen LogP contribution < -0.4 is 5.32 Å². The molecule has 120 valence electrons. The Morgan fingerprint density at radius 3 is 2.29 bits per heavy atom. The molecule has 21 heavy (non-hydrogen) atoms. The standard InChI is InChI=1S/C16H27NO3S/c1-21(19,20)15-6-4-14(5-7-15)17-16(18)10-13-9-11-2-3-12(13)8-11/h11-15H,2-10H2,1H3,(H,17,18)/t11-,12-,13-,14?,15?/m0/s1. The van der Waals surface area contributed by atoms with Crippen LogP contribution in [0.15, 0.2) is 0 Å². The van der Waals surface area contributed by atoms with E-state index in [1.165, 1.54) is 31.9 Å². The van der Waals surface area contributed by atoms with Crippen LogP contribution in [0.1, 0.15) is 57.8 Å². The van der Waals surface area contributed by atoms with Gasteiger partial charge >= 0.3 is 0 Å². The van der Waals surface area contributed by atoms with Crippen molar-refractivity contribution in [3.63, 3.8) is 0 Å². The van der Waals surface area contributed by atoms with Crippen LogP contribution in [-0.4, -0.2) is 31.9 Å². The van der Waals surface area contributed by atoms with Gasteiger partial charge in [-0.25, -0.2) is 8.42 Å². The van der Waals surface area contributed by atoms with Crippen LogP contribution >= 0.6 is 0 Å². The van der Waals surface area contributed by atoms with Gasteiger partial charge in [-0.1, -0.05) is 6.42 Å². The molecule has 0 aliphatic heterocycles. The fourth-order valence-electron chi connectivity index (χ4n) is 4.79. The lowest BCUT2D eigenvalue weighted by molar-refractivity contribution is -0.123. The van der Waals surface area contributed by atoms with Gasteiger partial charge in [-0.05, 0) is 62.7 Å². The van der Waals surface area contributed by atoms with Crippen molar-refractivity contribution in [2.24, 2.45) is 17.8 Å². The molecule has 3 atom stereocenters. The van der Waals surface area contributed by atoms with E-state index in [0.717, 1.165) is 24.7 Å². The fraction of sp³-hybridized carbons (Fsp3) is 0.938. The lowest BCUT2D eigenvalue weighted by atomic mass is 9.86. The van der Waals surface area contributed by atoms with Gasteiger partial charge in [-0.3, -0.25) is 4.79 Å². The van der Waals surface area contributed by atoms with Gasteiger partial charge in [0, 0.05) is 18.7 Å². The molecule has 3 fully saturated rings. The summed E-state index contributed by atoms with van der Waals surface area (Å²) in [4.78, 5) is 12.2. The number of sulfone groups is 1. The van der Waals surface area contributed by atoms with E-state index >= 15 is 0 Å². The van der Waals surface area contributed by atoms with Crippen LogP contribution in [0.4, 0.5) is 0 Å². The van der Waals surface area contributed by atoms with Gasteiger partial charge in [0.2, 0.25) is 5.91 Å². The van der Waals surface area contributed by atoms with Gasteiger partial charge in [0.1, 0.15) is 9.84 Å². The van der Waals surface area contributed by atoms with Crippen LogP contribution in [0, 0.1) is 17.8 Å². The van der Waals surface area contributed by atoms with Crippen LogP contribution in [0.5, 0.6) is 0 Å². The van der Waals surface area contributed by atoms with E-state index in [1.54, 1.807) is 0 Å². The van der Waals surface area contributed by atoms with Crippen LogP contribution in [0.25, 0.3) is 0 Å². The number of nitrogens with one attached hydrogen (secondary N) is 1. The summed E-state index contributed by atoms with van der Waals surface area (Å²) in [5.41, 5.74) is 0. The van der Waals surface area contributed by atoms with E-state index in [-0.39, 0.29) is 17.2 Å². The van der Waals surface area contributed by atoms with Crippen molar-refractivity contribution >= 4 is 15.7 Å². The van der Waals surface area contributed by atoms with Crippen molar-refractivity contribution in [2.75, 3.05) is 6.26 Å². The number of carbonyl (C=O) groups is 1. The Balaban J connectivity index is 1.42. The third-order valence-corrected chi connectivity index (χ3v) is 7.66. The van der Waals surface area contributed by atoms with Gasteiger partial charge < -0.3 is 5.32 Å². The lowest BCUT2D eigenvalue weighted by Crippen LogP contribution is -2.40. The Hall–Kier alpha value is -0.580. The molecule has 4 nitrogen and oxygen atoms in total. The highest BCUT2D eigenvalue weighted by molar-refractivity contribution is 7.91. The Bertz CT molecular complexity index is 494. The molecule has 3 rings (SSSR count). The summed E-state index contributed by atoms with van der Waals surface area (Å²) < 4.78 is 23.1. The van der Waals surface area contributed by atoms with Gasteiger partial charge in [-0.15, -0.1) is 0 Å². The van der Waals surface area contributed by atoms with E-state index < -0.39 is 9.84 Å². The summed E-state index contributed by atoms with van der Waals surface area (Å²) in [5, 5.41) is 2.95. The second-order valence-corrected chi connectivity index (χ2v) is 9.84. The maximum absolute atomic E-state index is 12.2. The highest BCUT2D eigenvalue weighted by Gasteiger charge is 2.40. The SMILES string of the molecule is CS(=O)(=O)C1CCC(NC(=O)C[C@@H]2C[C@H]3CC[C@H]2C3)CC1. The molecule has 3 aliphatic rings. The maximum atomic E-state index is 12.2. The molecule has 2 bridgehead atoms. The summed E-state index contributed by atoms with van der Waals surface area (Å²) in [7, 11) is -2.91. The van der Waals surface area contributed by atoms with E-state index in [1.807, 2.05) is 0 Å². The second kappa shape index (κ2) is 5.90. The average molecular weight is 313 g/mol. The Labute approximate surface area is 128 Å². The zero-order valence-corrected chi connectivity index (χ0v) is 13.7. The van der Waals surface area contributed by atoms with Gasteiger partial charge in [0.25, 0.3) is 0 Å². The van der Waals surface area contributed by atoms with Gasteiger partial charge in [0.05, 0.1) is 5.25 Å². The quantitative estimate of drug-likeness (QED) is 0.866. The second-order valence-electron chi connectivity index (χ2n) is 7.51. The lowest BCUT2D eigenvalue weighted by Gasteiger charge is -2.29. The van der Waals surface area contributed by atoms with Crippen molar-refractivity contribution in [1.29, 1.82) is 0 Å². The predicted molar refractivity (Wildman–Crippen MR) is 82.6 cm³/mol. The maximum Gasteiger partial charge on any atom is 0.220 e. The highest BCUT2D eigenvalue weighted by atomic mass is 32.2. The van der Waals surface area contributed by atoms with Gasteiger partial charge in [0.15, 0.2) is 0 Å². The molecule has 0 aromatic heterocycles. The summed E-state index contributed by atoms with van der Waals surface area (Å²) in [5.74, 6) is 2.48.